The average molecular weight is 234 g/mol. The number of nitrogens with zero attached hydrogens (tertiary/aromatic N) is 1. The fourth-order valence-electron chi connectivity index (χ4n) is 1.67. The van der Waals surface area contributed by atoms with Crippen LogP contribution in [-0.2, 0) is 6.54 Å². The summed E-state index contributed by atoms with van der Waals surface area (Å²) in [7, 11) is 0. The van der Waals surface area contributed by atoms with Crippen molar-refractivity contribution in [2.45, 2.75) is 20.4 Å². The monoisotopic (exact) mass is 234 g/mol. The third-order valence-corrected chi connectivity index (χ3v) is 2.34. The summed E-state index contributed by atoms with van der Waals surface area (Å²) in [5.41, 5.74) is 1.96. The number of H-pyrrole nitrogens is 1. The molecule has 0 fully saturated rings. The third kappa shape index (κ3) is 3.43. The van der Waals surface area contributed by atoms with Crippen LogP contribution in [0.2, 0.25) is 0 Å². The summed E-state index contributed by atoms with van der Waals surface area (Å²) in [6.45, 7) is 8.03. The highest BCUT2D eigenvalue weighted by molar-refractivity contribution is 5.82. The quantitative estimate of drug-likeness (QED) is 0.624. The second-order valence-electron chi connectivity index (χ2n) is 3.45. The van der Waals surface area contributed by atoms with Crippen LogP contribution in [0.15, 0.2) is 43.1 Å². The van der Waals surface area contributed by atoms with E-state index in [9.17, 15) is 4.48 Å². The largest absolute Gasteiger partial charge is 0.361 e. The van der Waals surface area contributed by atoms with Crippen molar-refractivity contribution in [3.8, 4) is 0 Å². The van der Waals surface area contributed by atoms with Crippen LogP contribution in [0.4, 0.5) is 4.48 Å². The van der Waals surface area contributed by atoms with Gasteiger partial charge < -0.3 is 4.98 Å². The van der Waals surface area contributed by atoms with Crippen molar-refractivity contribution in [3.05, 3.63) is 48.7 Å². The van der Waals surface area contributed by atoms with E-state index in [4.69, 9.17) is 0 Å². The van der Waals surface area contributed by atoms with Gasteiger partial charge in [0.1, 0.15) is 0 Å². The van der Waals surface area contributed by atoms with Crippen molar-refractivity contribution in [2.75, 3.05) is 6.54 Å². The zero-order valence-electron chi connectivity index (χ0n) is 10.4. The number of aromatic nitrogens is 1. The van der Waals surface area contributed by atoms with Crippen LogP contribution in [0.1, 0.15) is 19.4 Å². The Hall–Kier alpha value is -1.61. The molecule has 2 nitrogen and oxygen atoms in total. The first-order chi connectivity index (χ1) is 8.31. The molecular weight excluding hydrogens is 215 g/mol. The summed E-state index contributed by atoms with van der Waals surface area (Å²) in [4.78, 5) is 3.12. The molecule has 1 heterocycles. The van der Waals surface area contributed by atoms with Crippen molar-refractivity contribution >= 4 is 10.9 Å². The van der Waals surface area contributed by atoms with Gasteiger partial charge in [-0.15, -0.1) is 16.2 Å². The smallest absolute Gasteiger partial charge is 0.0565 e. The minimum absolute atomic E-state index is 0.247. The molecule has 0 radical (unpaired) electrons. The second-order valence-corrected chi connectivity index (χ2v) is 3.45. The van der Waals surface area contributed by atoms with E-state index in [0.717, 1.165) is 21.6 Å². The molecule has 0 saturated carbocycles. The molecule has 0 unspecified atom stereocenters. The maximum atomic E-state index is 13.3. The lowest BCUT2D eigenvalue weighted by Gasteiger charge is -2.09. The molecule has 92 valence electrons. The maximum absolute atomic E-state index is 13.3. The van der Waals surface area contributed by atoms with Crippen LogP contribution < -0.4 is 0 Å². The molecule has 1 aromatic carbocycles. The molecule has 2 rings (SSSR count). The van der Waals surface area contributed by atoms with Crippen molar-refractivity contribution in [2.24, 2.45) is 0 Å². The Morgan fingerprint density at radius 2 is 2.12 bits per heavy atom. The number of nitrogens with one attached hydrogen (secondary N) is 1. The minimum atomic E-state index is 0.247. The lowest BCUT2D eigenvalue weighted by atomic mass is 10.1. The third-order valence-electron chi connectivity index (χ3n) is 2.34. The summed E-state index contributed by atoms with van der Waals surface area (Å²) in [5.74, 6) is 0. The maximum Gasteiger partial charge on any atom is 0.0565 e. The highest BCUT2D eigenvalue weighted by Crippen LogP contribution is 2.18. The molecule has 0 atom stereocenters. The lowest BCUT2D eigenvalue weighted by Crippen LogP contribution is -2.12. The number of halogens is 1. The predicted octanol–water partition coefficient (Wildman–Crippen LogP) is 4.07. The second kappa shape index (κ2) is 6.86. The van der Waals surface area contributed by atoms with E-state index >= 15 is 0 Å². The van der Waals surface area contributed by atoms with Gasteiger partial charge in [0.25, 0.3) is 0 Å². The van der Waals surface area contributed by atoms with Crippen LogP contribution in [0, 0.1) is 0 Å². The molecule has 1 aromatic heterocycles. The number of hydrogen-bond acceptors (Lipinski definition) is 1. The summed E-state index contributed by atoms with van der Waals surface area (Å²) in [5, 5.41) is 1.85. The number of aromatic amines is 1. The molecule has 0 amide bonds. The Morgan fingerprint density at radius 3 is 2.82 bits per heavy atom. The van der Waals surface area contributed by atoms with Crippen LogP contribution in [0.5, 0.6) is 0 Å². The fraction of sp³-hybridized carbons (Fsp3) is 0.286. The summed E-state index contributed by atoms with van der Waals surface area (Å²) < 4.78 is 13.3. The van der Waals surface area contributed by atoms with Crippen molar-refractivity contribution in [1.82, 2.24) is 10.1 Å². The Balaban J connectivity index is 0.000000686. The Kier molecular flexibility index (Phi) is 5.43. The van der Waals surface area contributed by atoms with Crippen molar-refractivity contribution < 1.29 is 4.48 Å². The highest BCUT2D eigenvalue weighted by atomic mass is 19.2. The summed E-state index contributed by atoms with van der Waals surface area (Å²) >= 11 is 0. The Bertz CT molecular complexity index is 462. The van der Waals surface area contributed by atoms with Gasteiger partial charge in [0, 0.05) is 12.7 Å². The van der Waals surface area contributed by atoms with Gasteiger partial charge in [-0.25, -0.2) is 0 Å². The van der Waals surface area contributed by atoms with Crippen molar-refractivity contribution in [3.63, 3.8) is 0 Å². The standard InChI is InChI=1S/C12H13FN2.C2H6/c1-2-8-15(13)9-11-5-3-4-10-6-7-14-12(10)11;1-2/h2-7,14H,1,8-9H2;1-2H3. The fourth-order valence-corrected chi connectivity index (χ4v) is 1.67. The number of rotatable bonds is 4. The number of para-hydroxylation sites is 1. The molecular formula is C14H19FN2. The van der Waals surface area contributed by atoms with Gasteiger partial charge in [0.15, 0.2) is 0 Å². The molecule has 0 spiro atoms. The topological polar surface area (TPSA) is 19.0 Å². The normalized spacial score (nSPS) is 10.1. The molecule has 0 aliphatic rings. The first kappa shape index (κ1) is 13.5. The summed E-state index contributed by atoms with van der Waals surface area (Å²) in [6.07, 6.45) is 3.42. The highest BCUT2D eigenvalue weighted by Gasteiger charge is 2.06. The summed E-state index contributed by atoms with van der Waals surface area (Å²) in [6, 6.07) is 7.85. The average Bonchev–Trinajstić information content (AvgIpc) is 2.81. The molecule has 2 aromatic rings. The van der Waals surface area contributed by atoms with Crippen LogP contribution in [-0.4, -0.2) is 16.7 Å². The number of fused-ring (bicyclic) bond motifs is 1. The van der Waals surface area contributed by atoms with Crippen molar-refractivity contribution in [1.29, 1.82) is 0 Å². The molecule has 1 N–H and O–H groups in total. The van der Waals surface area contributed by atoms with Gasteiger partial charge in [0.05, 0.1) is 12.1 Å². The number of benzene rings is 1. The lowest BCUT2D eigenvalue weighted by molar-refractivity contribution is 0.0309. The Labute approximate surface area is 102 Å². The van der Waals surface area contributed by atoms with Gasteiger partial charge in [0.2, 0.25) is 0 Å². The molecule has 17 heavy (non-hydrogen) atoms. The molecule has 3 heteroatoms. The van der Waals surface area contributed by atoms with E-state index in [2.05, 4.69) is 11.6 Å². The first-order valence-corrected chi connectivity index (χ1v) is 5.88. The zero-order valence-corrected chi connectivity index (χ0v) is 10.4. The van der Waals surface area contributed by atoms with E-state index in [1.54, 1.807) is 6.08 Å². The van der Waals surface area contributed by atoms with E-state index in [0.29, 0.717) is 0 Å². The molecule has 0 bridgehead atoms. The van der Waals surface area contributed by atoms with Gasteiger partial charge in [-0.3, -0.25) is 0 Å². The first-order valence-electron chi connectivity index (χ1n) is 5.88. The van der Waals surface area contributed by atoms with E-state index in [1.165, 1.54) is 0 Å². The van der Waals surface area contributed by atoms with E-state index < -0.39 is 0 Å². The number of hydrogen-bond donors (Lipinski definition) is 1. The minimum Gasteiger partial charge on any atom is -0.361 e. The van der Waals surface area contributed by atoms with Gasteiger partial charge in [-0.05, 0) is 17.0 Å². The SMILES string of the molecule is C=CCN(F)Cc1cccc2cc[nH]c12.CC. The van der Waals surface area contributed by atoms with Gasteiger partial charge in [-0.1, -0.05) is 38.1 Å². The van der Waals surface area contributed by atoms with Gasteiger partial charge in [-0.2, -0.15) is 0 Å². The van der Waals surface area contributed by atoms with Crippen LogP contribution >= 0.6 is 0 Å². The van der Waals surface area contributed by atoms with Crippen LogP contribution in [0.25, 0.3) is 10.9 Å². The zero-order chi connectivity index (χ0) is 12.7. The molecule has 0 aliphatic heterocycles. The Morgan fingerprint density at radius 1 is 1.35 bits per heavy atom. The van der Waals surface area contributed by atoms with Crippen LogP contribution in [0.3, 0.4) is 0 Å². The van der Waals surface area contributed by atoms with Gasteiger partial charge >= 0.3 is 0 Å². The van der Waals surface area contributed by atoms with E-state index in [1.807, 2.05) is 44.3 Å². The molecule has 0 aliphatic carbocycles. The molecule has 0 saturated heterocycles. The van der Waals surface area contributed by atoms with E-state index in [-0.39, 0.29) is 13.1 Å². The predicted molar refractivity (Wildman–Crippen MR) is 71.4 cm³/mol.